The van der Waals surface area contributed by atoms with E-state index < -0.39 is 21.7 Å². The van der Waals surface area contributed by atoms with Gasteiger partial charge in [0, 0.05) is 24.1 Å². The van der Waals surface area contributed by atoms with E-state index in [1.165, 1.54) is 11.4 Å². The van der Waals surface area contributed by atoms with E-state index in [2.05, 4.69) is 5.32 Å². The van der Waals surface area contributed by atoms with Crippen molar-refractivity contribution in [3.8, 4) is 0 Å². The molecular weight excluding hydrogens is 290 g/mol. The Morgan fingerprint density at radius 1 is 1.47 bits per heavy atom. The van der Waals surface area contributed by atoms with Gasteiger partial charge in [0.2, 0.25) is 0 Å². The van der Waals surface area contributed by atoms with Crippen molar-refractivity contribution in [1.29, 1.82) is 0 Å². The van der Waals surface area contributed by atoms with Crippen LogP contribution in [0.2, 0.25) is 0 Å². The summed E-state index contributed by atoms with van der Waals surface area (Å²) in [6.45, 7) is 1.70. The molecule has 2 N–H and O–H groups in total. The van der Waals surface area contributed by atoms with Crippen molar-refractivity contribution < 1.29 is 23.1 Å². The van der Waals surface area contributed by atoms with Gasteiger partial charge in [-0.15, -0.1) is 11.3 Å². The molecule has 0 aliphatic rings. The van der Waals surface area contributed by atoms with Crippen LogP contribution >= 0.6 is 11.3 Å². The topological polar surface area (TPSA) is 101 Å². The fraction of sp³-hybridized carbons (Fsp3) is 0.455. The summed E-state index contributed by atoms with van der Waals surface area (Å²) in [7, 11) is -3.30. The highest BCUT2D eigenvalue weighted by molar-refractivity contribution is 7.92. The number of thiophene rings is 1. The minimum Gasteiger partial charge on any atom is -0.481 e. The minimum atomic E-state index is -3.30. The van der Waals surface area contributed by atoms with Crippen molar-refractivity contribution in [2.75, 3.05) is 6.26 Å². The highest BCUT2D eigenvalue weighted by Crippen LogP contribution is 2.20. The van der Waals surface area contributed by atoms with Gasteiger partial charge in [0.1, 0.15) is 4.21 Å². The smallest absolute Gasteiger partial charge is 0.303 e. The molecule has 0 aliphatic heterocycles. The van der Waals surface area contributed by atoms with Gasteiger partial charge in [-0.1, -0.05) is 0 Å². The summed E-state index contributed by atoms with van der Waals surface area (Å²) in [5.74, 6) is -1.32. The SMILES string of the molecule is CC(CCC(=O)O)NC(=O)c1csc(S(C)(=O)=O)c1. The van der Waals surface area contributed by atoms with Gasteiger partial charge < -0.3 is 10.4 Å². The van der Waals surface area contributed by atoms with Crippen LogP contribution in [0.5, 0.6) is 0 Å². The number of nitrogens with one attached hydrogen (secondary N) is 1. The molecule has 0 saturated carbocycles. The third kappa shape index (κ3) is 4.99. The molecule has 1 heterocycles. The Kier molecular flexibility index (Phi) is 5.07. The summed E-state index contributed by atoms with van der Waals surface area (Å²) in [6, 6.07) is 1.03. The number of sulfone groups is 1. The lowest BCUT2D eigenvalue weighted by Gasteiger charge is -2.11. The molecule has 1 rings (SSSR count). The van der Waals surface area contributed by atoms with E-state index in [-0.39, 0.29) is 22.2 Å². The standard InChI is InChI=1S/C11H15NO5S2/c1-7(3-4-9(13)14)12-11(15)8-5-10(18-6-8)19(2,16)17/h5-7H,3-4H2,1-2H3,(H,12,15)(H,13,14). The summed E-state index contributed by atoms with van der Waals surface area (Å²) in [5.41, 5.74) is 0.271. The Bertz CT molecular complexity index is 576. The van der Waals surface area contributed by atoms with Crippen LogP contribution in [0, 0.1) is 0 Å². The summed E-state index contributed by atoms with van der Waals surface area (Å²) < 4.78 is 22.7. The zero-order valence-electron chi connectivity index (χ0n) is 10.5. The van der Waals surface area contributed by atoms with E-state index in [1.807, 2.05) is 0 Å². The normalized spacial score (nSPS) is 12.9. The average Bonchev–Trinajstić information content (AvgIpc) is 2.75. The second-order valence-corrected chi connectivity index (χ2v) is 7.39. The molecule has 6 nitrogen and oxygen atoms in total. The molecular formula is C11H15NO5S2. The molecule has 1 aromatic heterocycles. The van der Waals surface area contributed by atoms with Gasteiger partial charge in [0.05, 0.1) is 5.56 Å². The Hall–Kier alpha value is -1.41. The van der Waals surface area contributed by atoms with E-state index >= 15 is 0 Å². The van der Waals surface area contributed by atoms with E-state index in [4.69, 9.17) is 5.11 Å². The number of amides is 1. The Balaban J connectivity index is 2.64. The molecule has 0 aromatic carbocycles. The van der Waals surface area contributed by atoms with Crippen LogP contribution in [0.4, 0.5) is 0 Å². The predicted molar refractivity (Wildman–Crippen MR) is 71.2 cm³/mol. The van der Waals surface area contributed by atoms with Gasteiger partial charge in [0.25, 0.3) is 5.91 Å². The monoisotopic (exact) mass is 305 g/mol. The highest BCUT2D eigenvalue weighted by Gasteiger charge is 2.16. The van der Waals surface area contributed by atoms with Crippen LogP contribution in [0.3, 0.4) is 0 Å². The quantitative estimate of drug-likeness (QED) is 0.820. The van der Waals surface area contributed by atoms with E-state index in [9.17, 15) is 18.0 Å². The Morgan fingerprint density at radius 2 is 2.11 bits per heavy atom. The maximum absolute atomic E-state index is 11.8. The molecule has 19 heavy (non-hydrogen) atoms. The molecule has 1 atom stereocenters. The number of hydrogen-bond donors (Lipinski definition) is 2. The second kappa shape index (κ2) is 6.16. The van der Waals surface area contributed by atoms with E-state index in [0.717, 1.165) is 17.6 Å². The zero-order chi connectivity index (χ0) is 14.6. The van der Waals surface area contributed by atoms with Gasteiger partial charge in [-0.2, -0.15) is 0 Å². The zero-order valence-corrected chi connectivity index (χ0v) is 12.2. The summed E-state index contributed by atoms with van der Waals surface area (Å²) in [6.07, 6.45) is 1.37. The first-order chi connectivity index (χ1) is 8.70. The maximum atomic E-state index is 11.8. The van der Waals surface area contributed by atoms with Gasteiger partial charge in [-0.25, -0.2) is 8.42 Å². The molecule has 0 bridgehead atoms. The third-order valence-corrected chi connectivity index (χ3v) is 5.14. The van der Waals surface area contributed by atoms with Gasteiger partial charge >= 0.3 is 5.97 Å². The number of carbonyl (C=O) groups excluding carboxylic acids is 1. The first-order valence-corrected chi connectivity index (χ1v) is 8.28. The lowest BCUT2D eigenvalue weighted by molar-refractivity contribution is -0.137. The number of hydrogen-bond acceptors (Lipinski definition) is 5. The number of rotatable bonds is 6. The molecule has 1 unspecified atom stereocenters. The lowest BCUT2D eigenvalue weighted by atomic mass is 10.2. The molecule has 106 valence electrons. The molecule has 1 amide bonds. The molecule has 0 fully saturated rings. The van der Waals surface area contributed by atoms with Crippen LogP contribution in [-0.2, 0) is 14.6 Å². The second-order valence-electron chi connectivity index (χ2n) is 4.23. The molecule has 1 aromatic rings. The first kappa shape index (κ1) is 15.6. The predicted octanol–water partition coefficient (Wildman–Crippen LogP) is 1.13. The van der Waals surface area contributed by atoms with Crippen molar-refractivity contribution >= 4 is 33.1 Å². The van der Waals surface area contributed by atoms with Crippen molar-refractivity contribution in [1.82, 2.24) is 5.32 Å². The number of aliphatic carboxylic acids is 1. The van der Waals surface area contributed by atoms with E-state index in [1.54, 1.807) is 6.92 Å². The van der Waals surface area contributed by atoms with Crippen LogP contribution in [0.1, 0.15) is 30.1 Å². The Labute approximate surface area is 115 Å². The van der Waals surface area contributed by atoms with Gasteiger partial charge in [0.15, 0.2) is 9.84 Å². The first-order valence-electron chi connectivity index (χ1n) is 5.51. The minimum absolute atomic E-state index is 0.0281. The van der Waals surface area contributed by atoms with Gasteiger partial charge in [-0.3, -0.25) is 9.59 Å². The average molecular weight is 305 g/mol. The molecule has 0 saturated heterocycles. The van der Waals surface area contributed by atoms with Crippen molar-refractivity contribution in [3.05, 3.63) is 17.0 Å². The van der Waals surface area contributed by atoms with Crippen molar-refractivity contribution in [2.45, 2.75) is 30.0 Å². The molecule has 0 radical (unpaired) electrons. The number of carboxylic acid groups (broad SMARTS) is 1. The fourth-order valence-corrected chi connectivity index (χ4v) is 3.15. The Morgan fingerprint density at radius 3 is 2.58 bits per heavy atom. The van der Waals surface area contributed by atoms with Crippen LogP contribution in [0.25, 0.3) is 0 Å². The summed E-state index contributed by atoms with van der Waals surface area (Å²) in [5, 5.41) is 12.6. The molecule has 0 spiro atoms. The molecule has 0 aliphatic carbocycles. The lowest BCUT2D eigenvalue weighted by Crippen LogP contribution is -2.32. The maximum Gasteiger partial charge on any atom is 0.303 e. The van der Waals surface area contributed by atoms with E-state index in [0.29, 0.717) is 6.42 Å². The fourth-order valence-electron chi connectivity index (χ4n) is 1.35. The largest absolute Gasteiger partial charge is 0.481 e. The summed E-state index contributed by atoms with van der Waals surface area (Å²) in [4.78, 5) is 22.2. The number of carbonyl (C=O) groups is 2. The molecule has 8 heteroatoms. The van der Waals surface area contributed by atoms with Crippen molar-refractivity contribution in [3.63, 3.8) is 0 Å². The van der Waals surface area contributed by atoms with Crippen LogP contribution < -0.4 is 5.32 Å². The highest BCUT2D eigenvalue weighted by atomic mass is 32.2. The number of carboxylic acids is 1. The third-order valence-electron chi connectivity index (χ3n) is 2.37. The summed E-state index contributed by atoms with van der Waals surface area (Å²) >= 11 is 0.987. The van der Waals surface area contributed by atoms with Crippen LogP contribution in [0.15, 0.2) is 15.7 Å². The van der Waals surface area contributed by atoms with Gasteiger partial charge in [-0.05, 0) is 19.4 Å². The van der Waals surface area contributed by atoms with Crippen LogP contribution in [-0.4, -0.2) is 37.7 Å². The van der Waals surface area contributed by atoms with Crippen molar-refractivity contribution in [2.24, 2.45) is 0 Å².